The molecule has 0 fully saturated rings. The zero-order valence-electron chi connectivity index (χ0n) is 12.1. The fraction of sp³-hybridized carbons (Fsp3) is 0.167. The molecule has 0 amide bonds. The monoisotopic (exact) mass is 277 g/mol. The summed E-state index contributed by atoms with van der Waals surface area (Å²) in [4.78, 5) is 4.13. The fourth-order valence-corrected chi connectivity index (χ4v) is 2.58. The summed E-state index contributed by atoms with van der Waals surface area (Å²) in [7, 11) is 0. The number of nitrogen functional groups attached to an aromatic ring is 1. The van der Waals surface area contributed by atoms with Crippen molar-refractivity contribution in [2.45, 2.75) is 19.8 Å². The first-order valence-electron chi connectivity index (χ1n) is 7.26. The molecule has 0 radical (unpaired) electrons. The van der Waals surface area contributed by atoms with E-state index >= 15 is 0 Å². The number of pyridine rings is 1. The largest absolute Gasteiger partial charge is 0.397 e. The van der Waals surface area contributed by atoms with E-state index < -0.39 is 0 Å². The quantitative estimate of drug-likeness (QED) is 0.690. The molecule has 106 valence electrons. The molecule has 3 heteroatoms. The van der Waals surface area contributed by atoms with Gasteiger partial charge in [-0.15, -0.1) is 0 Å². The summed E-state index contributed by atoms with van der Waals surface area (Å²) >= 11 is 0. The van der Waals surface area contributed by atoms with Crippen molar-refractivity contribution in [2.24, 2.45) is 0 Å². The number of nitrogens with zero attached hydrogens (tertiary/aromatic N) is 1. The SMILES string of the molecule is CCCc1ccccc1Nc1ccc2cnccc2c1N. The molecule has 3 aromatic rings. The molecule has 21 heavy (non-hydrogen) atoms. The molecule has 0 aliphatic carbocycles. The minimum Gasteiger partial charge on any atom is -0.397 e. The molecule has 0 aliphatic rings. The average molecular weight is 277 g/mol. The minimum atomic E-state index is 0.765. The van der Waals surface area contributed by atoms with Gasteiger partial charge in [0.1, 0.15) is 0 Å². The third kappa shape index (κ3) is 2.68. The Balaban J connectivity index is 2.00. The number of nitrogens with two attached hydrogens (primary N) is 1. The lowest BCUT2D eigenvalue weighted by Gasteiger charge is -2.14. The van der Waals surface area contributed by atoms with Gasteiger partial charge >= 0.3 is 0 Å². The number of hydrogen-bond acceptors (Lipinski definition) is 3. The van der Waals surface area contributed by atoms with Crippen LogP contribution in [0.5, 0.6) is 0 Å². The summed E-state index contributed by atoms with van der Waals surface area (Å²) in [6.07, 6.45) is 5.78. The molecule has 0 atom stereocenters. The Labute approximate surface area is 124 Å². The molecule has 2 aromatic carbocycles. The van der Waals surface area contributed by atoms with E-state index in [-0.39, 0.29) is 0 Å². The molecular weight excluding hydrogens is 258 g/mol. The maximum absolute atomic E-state index is 6.30. The van der Waals surface area contributed by atoms with E-state index in [1.54, 1.807) is 6.20 Å². The molecule has 1 heterocycles. The van der Waals surface area contributed by atoms with E-state index in [2.05, 4.69) is 35.4 Å². The van der Waals surface area contributed by atoms with Gasteiger partial charge in [0.25, 0.3) is 0 Å². The maximum Gasteiger partial charge on any atom is 0.0634 e. The molecule has 1 aromatic heterocycles. The number of fused-ring (bicyclic) bond motifs is 1. The number of para-hydroxylation sites is 1. The van der Waals surface area contributed by atoms with Crippen LogP contribution < -0.4 is 11.1 Å². The average Bonchev–Trinajstić information content (AvgIpc) is 2.52. The first-order chi connectivity index (χ1) is 10.3. The van der Waals surface area contributed by atoms with Gasteiger partial charge in [0.15, 0.2) is 0 Å². The van der Waals surface area contributed by atoms with Gasteiger partial charge < -0.3 is 11.1 Å². The van der Waals surface area contributed by atoms with Crippen LogP contribution >= 0.6 is 0 Å². The molecule has 3 N–H and O–H groups in total. The summed E-state index contributed by atoms with van der Waals surface area (Å²) in [6.45, 7) is 2.19. The highest BCUT2D eigenvalue weighted by molar-refractivity contribution is 5.99. The van der Waals surface area contributed by atoms with E-state index in [0.29, 0.717) is 0 Å². The smallest absolute Gasteiger partial charge is 0.0634 e. The molecule has 0 bridgehead atoms. The van der Waals surface area contributed by atoms with Gasteiger partial charge in [-0.2, -0.15) is 0 Å². The predicted octanol–water partition coefficient (Wildman–Crippen LogP) is 4.51. The molecule has 3 nitrogen and oxygen atoms in total. The van der Waals surface area contributed by atoms with Crippen LogP contribution in [0.3, 0.4) is 0 Å². The van der Waals surface area contributed by atoms with Gasteiger partial charge in [0.2, 0.25) is 0 Å². The van der Waals surface area contributed by atoms with Crippen LogP contribution in [0.4, 0.5) is 17.1 Å². The predicted molar refractivity (Wildman–Crippen MR) is 89.9 cm³/mol. The number of hydrogen-bond donors (Lipinski definition) is 2. The number of aryl methyl sites for hydroxylation is 1. The van der Waals surface area contributed by atoms with Gasteiger partial charge in [-0.3, -0.25) is 4.98 Å². The Hall–Kier alpha value is -2.55. The van der Waals surface area contributed by atoms with Crippen LogP contribution in [0.15, 0.2) is 54.9 Å². The Morgan fingerprint density at radius 1 is 1.05 bits per heavy atom. The second-order valence-electron chi connectivity index (χ2n) is 5.16. The van der Waals surface area contributed by atoms with Crippen LogP contribution in [-0.4, -0.2) is 4.98 Å². The topological polar surface area (TPSA) is 50.9 Å². The first-order valence-corrected chi connectivity index (χ1v) is 7.26. The van der Waals surface area contributed by atoms with Crippen molar-refractivity contribution < 1.29 is 0 Å². The van der Waals surface area contributed by atoms with Crippen LogP contribution in [0.25, 0.3) is 10.8 Å². The van der Waals surface area contributed by atoms with Crippen molar-refractivity contribution >= 4 is 27.8 Å². The van der Waals surface area contributed by atoms with Gasteiger partial charge in [-0.1, -0.05) is 37.6 Å². The highest BCUT2D eigenvalue weighted by Crippen LogP contribution is 2.31. The minimum absolute atomic E-state index is 0.765. The van der Waals surface area contributed by atoms with E-state index in [1.807, 2.05) is 30.5 Å². The molecule has 0 spiro atoms. The van der Waals surface area contributed by atoms with Crippen LogP contribution in [0.2, 0.25) is 0 Å². The maximum atomic E-state index is 6.30. The molecule has 0 saturated heterocycles. The lowest BCUT2D eigenvalue weighted by atomic mass is 10.1. The highest BCUT2D eigenvalue weighted by Gasteiger charge is 2.07. The summed E-state index contributed by atoms with van der Waals surface area (Å²) in [6, 6.07) is 14.4. The molecular formula is C18H19N3. The number of anilines is 3. The summed E-state index contributed by atoms with van der Waals surface area (Å²) in [5.41, 5.74) is 10.4. The third-order valence-corrected chi connectivity index (χ3v) is 3.67. The lowest BCUT2D eigenvalue weighted by Crippen LogP contribution is -2.00. The number of nitrogens with one attached hydrogen (secondary N) is 1. The Kier molecular flexibility index (Phi) is 3.73. The molecule has 0 unspecified atom stereocenters. The van der Waals surface area contributed by atoms with Crippen molar-refractivity contribution in [3.63, 3.8) is 0 Å². The summed E-state index contributed by atoms with van der Waals surface area (Å²) in [5.74, 6) is 0. The second-order valence-corrected chi connectivity index (χ2v) is 5.16. The first kappa shape index (κ1) is 13.4. The van der Waals surface area contributed by atoms with Crippen molar-refractivity contribution in [1.29, 1.82) is 0 Å². The number of rotatable bonds is 4. The van der Waals surface area contributed by atoms with Crippen molar-refractivity contribution in [2.75, 3.05) is 11.1 Å². The Morgan fingerprint density at radius 2 is 1.90 bits per heavy atom. The third-order valence-electron chi connectivity index (χ3n) is 3.67. The summed E-state index contributed by atoms with van der Waals surface area (Å²) < 4.78 is 0. The van der Waals surface area contributed by atoms with Crippen molar-refractivity contribution in [3.8, 4) is 0 Å². The van der Waals surface area contributed by atoms with E-state index in [4.69, 9.17) is 5.73 Å². The molecule has 0 saturated carbocycles. The van der Waals surface area contributed by atoms with Gasteiger partial charge in [-0.25, -0.2) is 0 Å². The van der Waals surface area contributed by atoms with Gasteiger partial charge in [0.05, 0.1) is 11.4 Å². The van der Waals surface area contributed by atoms with Crippen molar-refractivity contribution in [3.05, 3.63) is 60.4 Å². The number of aromatic nitrogens is 1. The zero-order chi connectivity index (χ0) is 14.7. The normalized spacial score (nSPS) is 10.7. The zero-order valence-corrected chi connectivity index (χ0v) is 12.1. The molecule has 3 rings (SSSR count). The van der Waals surface area contributed by atoms with E-state index in [9.17, 15) is 0 Å². The second kappa shape index (κ2) is 5.83. The lowest BCUT2D eigenvalue weighted by molar-refractivity contribution is 0.923. The fourth-order valence-electron chi connectivity index (χ4n) is 2.58. The standard InChI is InChI=1S/C18H19N3/c1-2-5-13-6-3-4-7-16(13)21-17-9-8-14-12-20-11-10-15(14)18(17)19/h3-4,6-12,21H,2,5,19H2,1H3. The summed E-state index contributed by atoms with van der Waals surface area (Å²) in [5, 5.41) is 5.56. The van der Waals surface area contributed by atoms with Crippen molar-refractivity contribution in [1.82, 2.24) is 4.98 Å². The Bertz CT molecular complexity index is 765. The highest BCUT2D eigenvalue weighted by atomic mass is 14.9. The van der Waals surface area contributed by atoms with Crippen LogP contribution in [-0.2, 0) is 6.42 Å². The van der Waals surface area contributed by atoms with E-state index in [1.165, 1.54) is 5.56 Å². The van der Waals surface area contributed by atoms with E-state index in [0.717, 1.165) is 40.7 Å². The molecule has 0 aliphatic heterocycles. The van der Waals surface area contributed by atoms with Gasteiger partial charge in [-0.05, 0) is 30.2 Å². The van der Waals surface area contributed by atoms with Crippen LogP contribution in [0.1, 0.15) is 18.9 Å². The number of benzene rings is 2. The van der Waals surface area contributed by atoms with Gasteiger partial charge in [0, 0.05) is 28.9 Å². The Morgan fingerprint density at radius 3 is 2.76 bits per heavy atom. The van der Waals surface area contributed by atoms with Crippen LogP contribution in [0, 0.1) is 0 Å².